The summed E-state index contributed by atoms with van der Waals surface area (Å²) in [6, 6.07) is 12.9. The minimum atomic E-state index is -0.271. The zero-order chi connectivity index (χ0) is 16.9. The number of halogens is 1. The molecule has 1 amide bonds. The van der Waals surface area contributed by atoms with Crippen LogP contribution in [-0.4, -0.2) is 15.5 Å². The van der Waals surface area contributed by atoms with Crippen LogP contribution in [0.15, 0.2) is 64.1 Å². The van der Waals surface area contributed by atoms with Gasteiger partial charge in [0.2, 0.25) is 5.91 Å². The summed E-state index contributed by atoms with van der Waals surface area (Å²) in [5, 5.41) is 3.27. The van der Waals surface area contributed by atoms with E-state index < -0.39 is 0 Å². The summed E-state index contributed by atoms with van der Waals surface area (Å²) in [6.07, 6.45) is 4.11. The fraction of sp³-hybridized carbons (Fsp3) is 0.118. The zero-order valence-electron chi connectivity index (χ0n) is 12.6. The Morgan fingerprint density at radius 1 is 1.21 bits per heavy atom. The van der Waals surface area contributed by atoms with Gasteiger partial charge in [0.05, 0.1) is 0 Å². The molecule has 5 nitrogen and oxygen atoms in total. The van der Waals surface area contributed by atoms with Crippen molar-refractivity contribution in [3.05, 3.63) is 80.1 Å². The molecule has 0 aliphatic carbocycles. The lowest BCUT2D eigenvalue weighted by Crippen LogP contribution is -2.26. The van der Waals surface area contributed by atoms with Gasteiger partial charge in [-0.05, 0) is 23.8 Å². The molecule has 1 aromatic carbocycles. The normalized spacial score (nSPS) is 10.5. The summed E-state index contributed by atoms with van der Waals surface area (Å²) in [7, 11) is 0. The van der Waals surface area contributed by atoms with E-state index in [9.17, 15) is 9.59 Å². The van der Waals surface area contributed by atoms with E-state index in [0.29, 0.717) is 5.13 Å². The predicted octanol–water partition coefficient (Wildman–Crippen LogP) is 3.30. The van der Waals surface area contributed by atoms with Crippen LogP contribution in [0.4, 0.5) is 5.13 Å². The van der Waals surface area contributed by atoms with Crippen LogP contribution in [0.25, 0.3) is 0 Å². The molecule has 0 fully saturated rings. The molecule has 0 aliphatic rings. The molecule has 122 valence electrons. The number of hydrogen-bond acceptors (Lipinski definition) is 4. The second-order valence-corrected chi connectivity index (χ2v) is 7.18. The smallest absolute Gasteiger partial charge is 0.250 e. The van der Waals surface area contributed by atoms with Gasteiger partial charge >= 0.3 is 0 Å². The second kappa shape index (κ2) is 7.55. The molecule has 0 bridgehead atoms. The van der Waals surface area contributed by atoms with E-state index in [1.54, 1.807) is 24.5 Å². The Morgan fingerprint density at radius 3 is 2.75 bits per heavy atom. The Bertz CT molecular complexity index is 902. The molecule has 3 aromatic rings. The number of carbonyl (C=O) groups is 1. The molecule has 1 N–H and O–H groups in total. The maximum Gasteiger partial charge on any atom is 0.250 e. The topological polar surface area (TPSA) is 64.0 Å². The van der Waals surface area contributed by atoms with Gasteiger partial charge in [-0.25, -0.2) is 4.98 Å². The molecule has 0 spiro atoms. The van der Waals surface area contributed by atoms with Crippen molar-refractivity contribution in [1.29, 1.82) is 0 Å². The number of carbonyl (C=O) groups excluding carboxylic acids is 1. The van der Waals surface area contributed by atoms with Gasteiger partial charge in [-0.15, -0.1) is 11.3 Å². The first kappa shape index (κ1) is 16.6. The Kier molecular flexibility index (Phi) is 5.22. The van der Waals surface area contributed by atoms with Crippen molar-refractivity contribution in [1.82, 2.24) is 9.55 Å². The summed E-state index contributed by atoms with van der Waals surface area (Å²) in [5.41, 5.74) is 0.971. The van der Waals surface area contributed by atoms with Gasteiger partial charge in [0, 0.05) is 34.2 Å². The highest BCUT2D eigenvalue weighted by Crippen LogP contribution is 2.22. The van der Waals surface area contributed by atoms with Crippen molar-refractivity contribution in [2.75, 3.05) is 5.32 Å². The Hall–Kier alpha value is -2.25. The average Bonchev–Trinajstić information content (AvgIpc) is 2.99. The van der Waals surface area contributed by atoms with Crippen LogP contribution in [-0.2, 0) is 17.8 Å². The van der Waals surface area contributed by atoms with Crippen LogP contribution in [0.2, 0.25) is 0 Å². The summed E-state index contributed by atoms with van der Waals surface area (Å²) < 4.78 is 2.39. The monoisotopic (exact) mass is 403 g/mol. The molecule has 0 aliphatic heterocycles. The number of rotatable bonds is 5. The number of nitrogens with one attached hydrogen (secondary N) is 1. The van der Waals surface area contributed by atoms with E-state index in [0.717, 1.165) is 15.8 Å². The molecule has 0 radical (unpaired) electrons. The number of pyridine rings is 1. The fourth-order valence-electron chi connectivity index (χ4n) is 2.16. The first-order chi connectivity index (χ1) is 11.6. The quantitative estimate of drug-likeness (QED) is 0.710. The van der Waals surface area contributed by atoms with Crippen LogP contribution < -0.4 is 10.9 Å². The molecular weight excluding hydrogens is 390 g/mol. The maximum absolute atomic E-state index is 12.0. The fourth-order valence-corrected chi connectivity index (χ4v) is 3.28. The van der Waals surface area contributed by atoms with Crippen molar-refractivity contribution >= 4 is 38.3 Å². The van der Waals surface area contributed by atoms with Gasteiger partial charge < -0.3 is 9.88 Å². The third kappa shape index (κ3) is 4.39. The standard InChI is InChI=1S/C17H14BrN3O2S/c18-13-6-4-12(5-7-13)9-14-10-19-17(24-14)20-15(22)11-21-8-2-1-3-16(21)23/h1-8,10H,9,11H2,(H,19,20,22). The van der Waals surface area contributed by atoms with E-state index in [4.69, 9.17) is 0 Å². The van der Waals surface area contributed by atoms with Crippen molar-refractivity contribution in [3.8, 4) is 0 Å². The highest BCUT2D eigenvalue weighted by Gasteiger charge is 2.08. The van der Waals surface area contributed by atoms with Crippen LogP contribution in [0.1, 0.15) is 10.4 Å². The number of thiazole rings is 1. The average molecular weight is 404 g/mol. The Labute approximate surface area is 151 Å². The molecule has 2 aromatic heterocycles. The van der Waals surface area contributed by atoms with Gasteiger partial charge in [-0.1, -0.05) is 34.1 Å². The maximum atomic E-state index is 12.0. The van der Waals surface area contributed by atoms with E-state index >= 15 is 0 Å². The van der Waals surface area contributed by atoms with Crippen molar-refractivity contribution in [2.45, 2.75) is 13.0 Å². The molecule has 0 saturated carbocycles. The molecule has 24 heavy (non-hydrogen) atoms. The highest BCUT2D eigenvalue weighted by molar-refractivity contribution is 9.10. The van der Waals surface area contributed by atoms with E-state index in [-0.39, 0.29) is 18.0 Å². The first-order valence-corrected chi connectivity index (χ1v) is 8.85. The van der Waals surface area contributed by atoms with Crippen molar-refractivity contribution < 1.29 is 4.79 Å². The van der Waals surface area contributed by atoms with Gasteiger partial charge in [-0.2, -0.15) is 0 Å². The second-order valence-electron chi connectivity index (χ2n) is 5.15. The number of anilines is 1. The lowest BCUT2D eigenvalue weighted by molar-refractivity contribution is -0.116. The van der Waals surface area contributed by atoms with Crippen molar-refractivity contribution in [2.24, 2.45) is 0 Å². The van der Waals surface area contributed by atoms with Crippen LogP contribution in [0.5, 0.6) is 0 Å². The highest BCUT2D eigenvalue weighted by atomic mass is 79.9. The van der Waals surface area contributed by atoms with E-state index in [1.165, 1.54) is 27.5 Å². The number of hydrogen-bond donors (Lipinski definition) is 1. The number of aromatic nitrogens is 2. The molecular formula is C17H14BrN3O2S. The SMILES string of the molecule is O=C(Cn1ccccc1=O)Nc1ncc(Cc2ccc(Br)cc2)s1. The number of nitrogens with zero attached hydrogens (tertiary/aromatic N) is 2. The zero-order valence-corrected chi connectivity index (χ0v) is 15.0. The van der Waals surface area contributed by atoms with Crippen LogP contribution in [0.3, 0.4) is 0 Å². The third-order valence-corrected chi connectivity index (χ3v) is 4.75. The summed E-state index contributed by atoms with van der Waals surface area (Å²) in [6.45, 7) is -0.0265. The minimum absolute atomic E-state index is 0.0265. The molecule has 0 saturated heterocycles. The lowest BCUT2D eigenvalue weighted by Gasteiger charge is -2.04. The summed E-state index contributed by atoms with van der Waals surface area (Å²) in [4.78, 5) is 28.9. The molecule has 2 heterocycles. The van der Waals surface area contributed by atoms with E-state index in [1.807, 2.05) is 24.3 Å². The number of benzene rings is 1. The Balaban J connectivity index is 1.61. The largest absolute Gasteiger partial charge is 0.306 e. The molecule has 0 atom stereocenters. The van der Waals surface area contributed by atoms with E-state index in [2.05, 4.69) is 26.2 Å². The summed E-state index contributed by atoms with van der Waals surface area (Å²) >= 11 is 4.85. The first-order valence-electron chi connectivity index (χ1n) is 7.24. The van der Waals surface area contributed by atoms with Crippen molar-refractivity contribution in [3.63, 3.8) is 0 Å². The molecule has 0 unspecified atom stereocenters. The van der Waals surface area contributed by atoms with Gasteiger partial charge in [0.15, 0.2) is 5.13 Å². The predicted molar refractivity (Wildman–Crippen MR) is 98.4 cm³/mol. The van der Waals surface area contributed by atoms with Crippen LogP contribution >= 0.6 is 27.3 Å². The van der Waals surface area contributed by atoms with Crippen LogP contribution in [0, 0.1) is 0 Å². The van der Waals surface area contributed by atoms with Gasteiger partial charge in [-0.3, -0.25) is 9.59 Å². The van der Waals surface area contributed by atoms with Gasteiger partial charge in [0.1, 0.15) is 6.54 Å². The Morgan fingerprint density at radius 2 is 2.00 bits per heavy atom. The minimum Gasteiger partial charge on any atom is -0.306 e. The van der Waals surface area contributed by atoms with Gasteiger partial charge in [0.25, 0.3) is 5.56 Å². The summed E-state index contributed by atoms with van der Waals surface area (Å²) in [5.74, 6) is -0.271. The third-order valence-electron chi connectivity index (χ3n) is 3.30. The number of amides is 1. The molecule has 3 rings (SSSR count). The lowest BCUT2D eigenvalue weighted by atomic mass is 10.1. The molecule has 7 heteroatoms.